The van der Waals surface area contributed by atoms with Crippen LogP contribution in [-0.2, 0) is 9.53 Å². The monoisotopic (exact) mass is 388 g/mol. The van der Waals surface area contributed by atoms with Crippen molar-refractivity contribution in [1.82, 2.24) is 9.80 Å². The highest BCUT2D eigenvalue weighted by Crippen LogP contribution is 2.42. The van der Waals surface area contributed by atoms with E-state index in [1.807, 2.05) is 4.90 Å². The van der Waals surface area contributed by atoms with Crippen LogP contribution in [0.4, 0.5) is 4.39 Å². The second kappa shape index (κ2) is 7.82. The zero-order valence-electron chi connectivity index (χ0n) is 16.5. The summed E-state index contributed by atoms with van der Waals surface area (Å²) in [5.74, 6) is -0.780. The molecule has 0 bridgehead atoms. The third-order valence-corrected chi connectivity index (χ3v) is 6.56. The van der Waals surface area contributed by atoms with E-state index in [2.05, 4.69) is 6.92 Å². The molecule has 3 aliphatic rings. The van der Waals surface area contributed by atoms with Crippen molar-refractivity contribution in [2.75, 3.05) is 13.2 Å². The lowest BCUT2D eigenvalue weighted by molar-refractivity contribution is -0.140. The van der Waals surface area contributed by atoms with Crippen LogP contribution in [0.25, 0.3) is 0 Å². The average Bonchev–Trinajstić information content (AvgIpc) is 3.06. The summed E-state index contributed by atoms with van der Waals surface area (Å²) in [7, 11) is 0. The van der Waals surface area contributed by atoms with Crippen LogP contribution in [0.2, 0.25) is 0 Å². The normalized spacial score (nSPS) is 27.2. The van der Waals surface area contributed by atoms with Gasteiger partial charge in [0.25, 0.3) is 5.91 Å². The van der Waals surface area contributed by atoms with Crippen LogP contribution in [0.5, 0.6) is 0 Å². The Bertz CT molecular complexity index is 747. The maximum absolute atomic E-state index is 13.8. The van der Waals surface area contributed by atoms with Crippen LogP contribution in [0, 0.1) is 5.82 Å². The minimum Gasteiger partial charge on any atom is -0.353 e. The summed E-state index contributed by atoms with van der Waals surface area (Å²) in [4.78, 5) is 30.5. The molecular formula is C22H29FN2O3. The molecule has 0 aromatic heterocycles. The van der Waals surface area contributed by atoms with E-state index in [1.54, 1.807) is 11.0 Å². The van der Waals surface area contributed by atoms with Crippen LogP contribution < -0.4 is 0 Å². The number of hydrogen-bond acceptors (Lipinski definition) is 3. The Morgan fingerprint density at radius 3 is 2.64 bits per heavy atom. The molecule has 0 N–H and O–H groups in total. The van der Waals surface area contributed by atoms with Crippen LogP contribution in [0.15, 0.2) is 24.3 Å². The number of halogens is 1. The maximum atomic E-state index is 13.8. The first-order valence-corrected chi connectivity index (χ1v) is 10.6. The third kappa shape index (κ3) is 3.43. The second-order valence-corrected chi connectivity index (χ2v) is 8.40. The van der Waals surface area contributed by atoms with Gasteiger partial charge in [0, 0.05) is 18.2 Å². The third-order valence-electron chi connectivity index (χ3n) is 6.56. The SMILES string of the molecule is CC1CCCCN1C(=O)C1COC2(CCCCC2)N1C(=O)c1cccc(F)c1. The molecule has 5 nitrogen and oxygen atoms in total. The van der Waals surface area contributed by atoms with Gasteiger partial charge in [-0.1, -0.05) is 12.5 Å². The van der Waals surface area contributed by atoms with Crippen molar-refractivity contribution in [3.63, 3.8) is 0 Å². The molecule has 2 saturated heterocycles. The van der Waals surface area contributed by atoms with E-state index < -0.39 is 17.6 Å². The standard InChI is InChI=1S/C22H29FN2O3/c1-16-8-3-6-13-24(16)21(27)19-15-28-22(11-4-2-5-12-22)25(19)20(26)17-9-7-10-18(23)14-17/h7,9-10,14,16,19H,2-6,8,11-13,15H2,1H3. The summed E-state index contributed by atoms with van der Waals surface area (Å²) >= 11 is 0. The van der Waals surface area contributed by atoms with Gasteiger partial charge in [-0.25, -0.2) is 4.39 Å². The quantitative estimate of drug-likeness (QED) is 0.776. The molecule has 2 amide bonds. The molecule has 1 saturated carbocycles. The topological polar surface area (TPSA) is 49.9 Å². The van der Waals surface area contributed by atoms with Gasteiger partial charge >= 0.3 is 0 Å². The van der Waals surface area contributed by atoms with Crippen molar-refractivity contribution in [3.8, 4) is 0 Å². The van der Waals surface area contributed by atoms with E-state index in [9.17, 15) is 14.0 Å². The first-order chi connectivity index (χ1) is 13.5. The molecule has 28 heavy (non-hydrogen) atoms. The van der Waals surface area contributed by atoms with Crippen LogP contribution in [-0.4, -0.2) is 52.6 Å². The van der Waals surface area contributed by atoms with Gasteiger partial charge in [0.15, 0.2) is 0 Å². The minimum absolute atomic E-state index is 0.0283. The Balaban J connectivity index is 1.67. The molecular weight excluding hydrogens is 359 g/mol. The minimum atomic E-state index is -0.735. The molecule has 2 unspecified atom stereocenters. The number of amides is 2. The van der Waals surface area contributed by atoms with E-state index in [1.165, 1.54) is 18.2 Å². The number of piperidine rings is 1. The number of benzene rings is 1. The van der Waals surface area contributed by atoms with Gasteiger partial charge in [0.2, 0.25) is 5.91 Å². The van der Waals surface area contributed by atoms with Gasteiger partial charge in [0.05, 0.1) is 6.61 Å². The zero-order chi connectivity index (χ0) is 19.7. The Labute approximate surface area is 165 Å². The second-order valence-electron chi connectivity index (χ2n) is 8.40. The molecule has 3 fully saturated rings. The highest BCUT2D eigenvalue weighted by atomic mass is 19.1. The predicted octanol–water partition coefficient (Wildman–Crippen LogP) is 3.73. The Morgan fingerprint density at radius 1 is 1.14 bits per heavy atom. The van der Waals surface area contributed by atoms with Crippen molar-refractivity contribution in [2.24, 2.45) is 0 Å². The molecule has 1 aromatic rings. The van der Waals surface area contributed by atoms with E-state index >= 15 is 0 Å². The van der Waals surface area contributed by atoms with Crippen LogP contribution in [0.3, 0.4) is 0 Å². The fraction of sp³-hybridized carbons (Fsp3) is 0.636. The van der Waals surface area contributed by atoms with Crippen molar-refractivity contribution < 1.29 is 18.7 Å². The lowest BCUT2D eigenvalue weighted by atomic mass is 9.89. The van der Waals surface area contributed by atoms with E-state index in [0.29, 0.717) is 0 Å². The summed E-state index contributed by atoms with van der Waals surface area (Å²) < 4.78 is 20.0. The van der Waals surface area contributed by atoms with Gasteiger partial charge in [-0.05, 0) is 70.1 Å². The summed E-state index contributed by atoms with van der Waals surface area (Å²) in [6.45, 7) is 3.02. The zero-order valence-corrected chi connectivity index (χ0v) is 16.5. The molecule has 4 rings (SSSR count). The molecule has 0 radical (unpaired) electrons. The number of hydrogen-bond donors (Lipinski definition) is 0. The van der Waals surface area contributed by atoms with Gasteiger partial charge in [-0.15, -0.1) is 0 Å². The molecule has 152 valence electrons. The number of ether oxygens (including phenoxy) is 1. The molecule has 6 heteroatoms. The van der Waals surface area contributed by atoms with Crippen LogP contribution in [0.1, 0.15) is 68.6 Å². The summed E-state index contributed by atoms with van der Waals surface area (Å²) in [5, 5.41) is 0. The fourth-order valence-corrected chi connectivity index (χ4v) is 5.04. The van der Waals surface area contributed by atoms with Gasteiger partial charge < -0.3 is 9.64 Å². The average molecular weight is 388 g/mol. The van der Waals surface area contributed by atoms with Crippen molar-refractivity contribution in [1.29, 1.82) is 0 Å². The highest BCUT2D eigenvalue weighted by molar-refractivity contribution is 5.98. The van der Waals surface area contributed by atoms with Gasteiger partial charge in [-0.2, -0.15) is 0 Å². The Kier molecular flexibility index (Phi) is 5.41. The smallest absolute Gasteiger partial charge is 0.256 e. The van der Waals surface area contributed by atoms with Crippen LogP contribution >= 0.6 is 0 Å². The molecule has 2 aliphatic heterocycles. The predicted molar refractivity (Wildman–Crippen MR) is 103 cm³/mol. The molecule has 1 spiro atoms. The van der Waals surface area contributed by atoms with Gasteiger partial charge in [-0.3, -0.25) is 14.5 Å². The lowest BCUT2D eigenvalue weighted by Gasteiger charge is -2.43. The number of carbonyl (C=O) groups is 2. The van der Waals surface area contributed by atoms with Crippen molar-refractivity contribution >= 4 is 11.8 Å². The van der Waals surface area contributed by atoms with Crippen molar-refractivity contribution in [2.45, 2.75) is 76.1 Å². The highest BCUT2D eigenvalue weighted by Gasteiger charge is 2.54. The van der Waals surface area contributed by atoms with E-state index in [0.717, 1.165) is 57.9 Å². The van der Waals surface area contributed by atoms with Crippen molar-refractivity contribution in [3.05, 3.63) is 35.6 Å². The molecule has 1 aliphatic carbocycles. The largest absolute Gasteiger partial charge is 0.353 e. The summed E-state index contributed by atoms with van der Waals surface area (Å²) in [6.07, 6.45) is 7.61. The fourth-order valence-electron chi connectivity index (χ4n) is 5.04. The maximum Gasteiger partial charge on any atom is 0.256 e. The first kappa shape index (κ1) is 19.4. The molecule has 1 aromatic carbocycles. The summed E-state index contributed by atoms with van der Waals surface area (Å²) in [5.41, 5.74) is -0.457. The van der Waals surface area contributed by atoms with E-state index in [4.69, 9.17) is 4.74 Å². The number of rotatable bonds is 2. The lowest BCUT2D eigenvalue weighted by Crippen LogP contribution is -2.58. The number of carbonyl (C=O) groups excluding carboxylic acids is 2. The number of likely N-dealkylation sites (tertiary alicyclic amines) is 1. The Hall–Kier alpha value is -1.95. The number of nitrogens with zero attached hydrogens (tertiary/aromatic N) is 2. The Morgan fingerprint density at radius 2 is 1.93 bits per heavy atom. The van der Waals surface area contributed by atoms with E-state index in [-0.39, 0.29) is 30.0 Å². The molecule has 2 atom stereocenters. The summed E-state index contributed by atoms with van der Waals surface area (Å²) in [6, 6.07) is 5.28. The molecule has 2 heterocycles. The van der Waals surface area contributed by atoms with Gasteiger partial charge in [0.1, 0.15) is 17.6 Å². The first-order valence-electron chi connectivity index (χ1n) is 10.6.